The number of ether oxygens (including phenoxy) is 4. The Morgan fingerprint density at radius 2 is 1.80 bits per heavy atom. The summed E-state index contributed by atoms with van der Waals surface area (Å²) in [5, 5.41) is 5.99. The van der Waals surface area contributed by atoms with Gasteiger partial charge >= 0.3 is 6.09 Å². The van der Waals surface area contributed by atoms with Gasteiger partial charge in [0.1, 0.15) is 35.6 Å². The van der Waals surface area contributed by atoms with Crippen molar-refractivity contribution >= 4 is 44.7 Å². The number of pyridine rings is 1. The minimum atomic E-state index is -3.92. The molecule has 0 radical (unpaired) electrons. The van der Waals surface area contributed by atoms with Crippen molar-refractivity contribution in [1.29, 1.82) is 0 Å². The van der Waals surface area contributed by atoms with Gasteiger partial charge in [-0.3, -0.25) is 24.0 Å². The van der Waals surface area contributed by atoms with Gasteiger partial charge in [0.2, 0.25) is 27.7 Å². The number of carbonyl (C=O) groups is 4. The van der Waals surface area contributed by atoms with Crippen molar-refractivity contribution in [2.45, 2.75) is 139 Å². The number of fused-ring (bicyclic) bond motifs is 5. The fraction of sp³-hybridized carbons (Fsp3) is 0.681. The summed E-state index contributed by atoms with van der Waals surface area (Å²) in [6.45, 7) is 13.9. The van der Waals surface area contributed by atoms with Crippen LogP contribution in [-0.4, -0.2) is 128 Å². The highest BCUT2D eigenvalue weighted by atomic mass is 32.2. The van der Waals surface area contributed by atoms with Gasteiger partial charge < -0.3 is 34.5 Å². The molecule has 1 aromatic heterocycles. The largest absolute Gasteiger partial charge is 0.492 e. The average molecular weight is 907 g/mol. The molecule has 2 saturated heterocycles. The predicted octanol–water partition coefficient (Wildman–Crippen LogP) is 4.78. The van der Waals surface area contributed by atoms with E-state index in [4.69, 9.17) is 23.9 Å². The topological polar surface area (TPSA) is 195 Å². The molecule has 5 fully saturated rings. The second-order valence-electron chi connectivity index (χ2n) is 19.7. The maximum Gasteiger partial charge on any atom is 0.408 e. The summed E-state index contributed by atoms with van der Waals surface area (Å²) in [6, 6.07) is 5.57. The Kier molecular flexibility index (Phi) is 13.8. The molecule has 64 heavy (non-hydrogen) atoms. The molecule has 3 aliphatic heterocycles. The maximum atomic E-state index is 15.0. The second-order valence-corrected chi connectivity index (χ2v) is 21.7. The number of hydrogen-bond donors (Lipinski definition) is 3. The van der Waals surface area contributed by atoms with Crippen molar-refractivity contribution < 1.29 is 46.5 Å². The first-order chi connectivity index (χ1) is 30.7. The van der Waals surface area contributed by atoms with Crippen molar-refractivity contribution in [1.82, 2.24) is 30.1 Å². The van der Waals surface area contributed by atoms with Crippen molar-refractivity contribution in [2.24, 2.45) is 17.3 Å². The lowest BCUT2D eigenvalue weighted by molar-refractivity contribution is -0.143. The average Bonchev–Trinajstić information content (AvgIpc) is 4.16. The Balaban J connectivity index is 1.12. The van der Waals surface area contributed by atoms with E-state index in [2.05, 4.69) is 26.8 Å². The predicted molar refractivity (Wildman–Crippen MR) is 239 cm³/mol. The number of nitrogens with zero attached hydrogens (tertiary/aromatic N) is 3. The highest BCUT2D eigenvalue weighted by Gasteiger charge is 2.62. The summed E-state index contributed by atoms with van der Waals surface area (Å²) >= 11 is 0. The van der Waals surface area contributed by atoms with Crippen LogP contribution in [0.1, 0.15) is 103 Å². The van der Waals surface area contributed by atoms with E-state index in [1.807, 2.05) is 45.0 Å². The van der Waals surface area contributed by atoms with Crippen LogP contribution in [0.25, 0.3) is 10.9 Å². The molecular weight excluding hydrogens is 841 g/mol. The SMILES string of the molecule is C=C[C@@H]1C[C@]1(NC(=O)[C@@H]1C[C@@H]2CN1C(=O)[C@H](C(C)(C)C)NC(=O)O[C@@H]1CCC[C@H]1CCCCCc1c(nc3ccccc3c1OCCCN1CCOCC1)O2)C(=O)NS(=O)(=O)C1CC1. The lowest BCUT2D eigenvalue weighted by Crippen LogP contribution is -2.60. The molecule has 6 aliphatic rings. The monoisotopic (exact) mass is 906 g/mol. The first-order valence-electron chi connectivity index (χ1n) is 23.5. The van der Waals surface area contributed by atoms with Crippen LogP contribution >= 0.6 is 0 Å². The molecule has 0 unspecified atom stereocenters. The maximum absolute atomic E-state index is 15.0. The van der Waals surface area contributed by atoms with Crippen LogP contribution < -0.4 is 24.8 Å². The standard InChI is InChI=1S/C47H66N6O10S/c1-5-31-28-47(31,44(56)51-64(58,59)33-19-20-33)50-41(54)37-27-32-29-53(37)43(55)40(46(2,3)4)49-45(57)63-38-18-11-14-30(38)13-7-6-8-16-35-39(61-24-12-21-52-22-25-60-26-23-52)34-15-9-10-17-36(34)48-42(35)62-32/h5,9-10,15,17,30-33,37-38,40H,1,6-8,11-14,16,18-29H2,2-4H3,(H,49,57)(H,50,54)(H,51,56)/t30-,31-,32-,37+,38-,40-,47-/m1/s1. The molecule has 3 saturated carbocycles. The molecule has 3 aliphatic carbocycles. The third kappa shape index (κ3) is 10.3. The molecule has 4 amide bonds. The summed E-state index contributed by atoms with van der Waals surface area (Å²) in [6.07, 6.45) is 8.66. The molecule has 17 heteroatoms. The fourth-order valence-electron chi connectivity index (χ4n) is 10.00. The van der Waals surface area contributed by atoms with Gasteiger partial charge in [-0.15, -0.1) is 6.58 Å². The number of rotatable bonds is 11. The number of sulfonamides is 1. The first kappa shape index (κ1) is 46.1. The normalized spacial score (nSPS) is 29.5. The Labute approximate surface area is 377 Å². The van der Waals surface area contributed by atoms with Crippen molar-refractivity contribution in [3.05, 3.63) is 42.5 Å². The summed E-state index contributed by atoms with van der Waals surface area (Å²) in [5.41, 5.74) is -0.855. The highest BCUT2D eigenvalue weighted by Crippen LogP contribution is 2.46. The lowest BCUT2D eigenvalue weighted by Gasteiger charge is -2.35. The van der Waals surface area contributed by atoms with Gasteiger partial charge in [-0.2, -0.15) is 0 Å². The summed E-state index contributed by atoms with van der Waals surface area (Å²) in [7, 11) is -3.92. The van der Waals surface area contributed by atoms with E-state index >= 15 is 0 Å². The molecule has 7 atom stereocenters. The Morgan fingerprint density at radius 1 is 1.03 bits per heavy atom. The van der Waals surface area contributed by atoms with E-state index < -0.39 is 74.1 Å². The molecule has 16 nitrogen and oxygen atoms in total. The third-order valence-electron chi connectivity index (χ3n) is 14.0. The molecule has 0 spiro atoms. The van der Waals surface area contributed by atoms with Crippen LogP contribution in [0, 0.1) is 17.3 Å². The van der Waals surface area contributed by atoms with E-state index in [1.165, 1.54) is 11.0 Å². The zero-order valence-electron chi connectivity index (χ0n) is 37.6. The van der Waals surface area contributed by atoms with Gasteiger partial charge in [-0.05, 0) is 87.7 Å². The molecule has 8 rings (SSSR count). The number of aromatic nitrogens is 1. The van der Waals surface area contributed by atoms with Crippen LogP contribution in [0.2, 0.25) is 0 Å². The molecule has 350 valence electrons. The molecular formula is C47H66N6O10S. The van der Waals surface area contributed by atoms with Crippen molar-refractivity contribution in [3.8, 4) is 11.6 Å². The van der Waals surface area contributed by atoms with Crippen LogP contribution in [0.5, 0.6) is 11.6 Å². The zero-order valence-corrected chi connectivity index (χ0v) is 38.4. The number of hydrogen-bond acceptors (Lipinski definition) is 12. The third-order valence-corrected chi connectivity index (χ3v) is 15.8. The van der Waals surface area contributed by atoms with Crippen LogP contribution in [0.4, 0.5) is 4.79 Å². The number of morpholine rings is 1. The van der Waals surface area contributed by atoms with Crippen molar-refractivity contribution in [2.75, 3.05) is 46.0 Å². The van der Waals surface area contributed by atoms with Gasteiger partial charge in [-0.25, -0.2) is 18.2 Å². The minimum Gasteiger partial charge on any atom is -0.492 e. The number of nitrogens with one attached hydrogen (secondary N) is 3. The van der Waals surface area contributed by atoms with Gasteiger partial charge in [0.25, 0.3) is 5.91 Å². The number of alkyl carbamates (subject to hydrolysis) is 1. The van der Waals surface area contributed by atoms with Gasteiger partial charge in [-0.1, -0.05) is 51.8 Å². The van der Waals surface area contributed by atoms with Gasteiger partial charge in [0, 0.05) is 37.4 Å². The second kappa shape index (κ2) is 19.2. The van der Waals surface area contributed by atoms with Gasteiger partial charge in [0.15, 0.2) is 0 Å². The lowest BCUT2D eigenvalue weighted by atomic mass is 9.85. The number of para-hydroxylation sites is 1. The van der Waals surface area contributed by atoms with E-state index in [1.54, 1.807) is 0 Å². The Bertz CT molecular complexity index is 2190. The van der Waals surface area contributed by atoms with E-state index in [-0.39, 0.29) is 31.4 Å². The number of carbonyl (C=O) groups excluding carboxylic acids is 4. The Morgan fingerprint density at radius 3 is 2.53 bits per heavy atom. The summed E-state index contributed by atoms with van der Waals surface area (Å²) < 4.78 is 53.2. The van der Waals surface area contributed by atoms with Crippen molar-refractivity contribution in [3.63, 3.8) is 0 Å². The molecule has 4 heterocycles. The van der Waals surface area contributed by atoms with E-state index in [0.717, 1.165) is 101 Å². The van der Waals surface area contributed by atoms with Crippen LogP contribution in [-0.2, 0) is 40.3 Å². The molecule has 2 aromatic rings. The highest BCUT2D eigenvalue weighted by molar-refractivity contribution is 7.91. The Hall–Kier alpha value is -4.48. The number of benzene rings is 1. The van der Waals surface area contributed by atoms with Crippen LogP contribution in [0.15, 0.2) is 36.9 Å². The minimum absolute atomic E-state index is 0.0309. The first-order valence-corrected chi connectivity index (χ1v) is 25.0. The van der Waals surface area contributed by atoms with Crippen LogP contribution in [0.3, 0.4) is 0 Å². The fourth-order valence-corrected chi connectivity index (χ4v) is 11.4. The smallest absolute Gasteiger partial charge is 0.408 e. The molecule has 2 bridgehead atoms. The zero-order chi connectivity index (χ0) is 45.2. The molecule has 1 aromatic carbocycles. The summed E-state index contributed by atoms with van der Waals surface area (Å²) in [4.78, 5) is 65.9. The molecule has 3 N–H and O–H groups in total. The van der Waals surface area contributed by atoms with E-state index in [9.17, 15) is 27.6 Å². The quantitative estimate of drug-likeness (QED) is 0.207. The van der Waals surface area contributed by atoms with E-state index in [0.29, 0.717) is 37.3 Å². The van der Waals surface area contributed by atoms with Gasteiger partial charge in [0.05, 0.1) is 42.7 Å². The summed E-state index contributed by atoms with van der Waals surface area (Å²) in [5.74, 6) is -1.21. The number of amides is 4.